The summed E-state index contributed by atoms with van der Waals surface area (Å²) in [7, 11) is 0. The maximum absolute atomic E-state index is 17.1. The first-order chi connectivity index (χ1) is 21.2. The highest BCUT2D eigenvalue weighted by atomic mass is 35.5. The lowest BCUT2D eigenvalue weighted by Crippen LogP contribution is -2.61. The molecule has 8 rings (SSSR count). The van der Waals surface area contributed by atoms with Crippen LogP contribution < -0.4 is 9.64 Å². The summed E-state index contributed by atoms with van der Waals surface area (Å²) < 4.78 is 37.3. The van der Waals surface area contributed by atoms with Gasteiger partial charge in [0.2, 0.25) is 0 Å². The van der Waals surface area contributed by atoms with Crippen LogP contribution in [-0.4, -0.2) is 76.1 Å². The van der Waals surface area contributed by atoms with Crippen LogP contribution in [0.3, 0.4) is 0 Å². The van der Waals surface area contributed by atoms with E-state index in [0.717, 1.165) is 48.4 Å². The third kappa shape index (κ3) is 4.11. The summed E-state index contributed by atoms with van der Waals surface area (Å²) >= 11 is 6.55. The average molecular weight is 621 g/mol. The molecule has 230 valence electrons. The molecule has 4 fully saturated rings. The summed E-state index contributed by atoms with van der Waals surface area (Å²) in [6.07, 6.45) is 4.66. The third-order valence-corrected chi connectivity index (χ3v) is 11.8. The predicted octanol–water partition coefficient (Wildman–Crippen LogP) is 5.00. The Kier molecular flexibility index (Phi) is 6.48. The molecule has 0 radical (unpaired) electrons. The molecule has 1 amide bonds. The Balaban J connectivity index is 1.15. The number of hydrogen-bond donors (Lipinski definition) is 0. The number of amides is 1. The number of piperidine rings is 1. The molecular formula is C33H35ClF2N6O2. The Hall–Kier alpha value is -3.29. The molecule has 0 bridgehead atoms. The maximum Gasteiger partial charge on any atom is 0.318 e. The van der Waals surface area contributed by atoms with Gasteiger partial charge in [-0.3, -0.25) is 9.69 Å². The van der Waals surface area contributed by atoms with Crippen molar-refractivity contribution in [2.24, 2.45) is 5.92 Å². The molecule has 6 aliphatic rings. The van der Waals surface area contributed by atoms with E-state index in [1.165, 1.54) is 11.3 Å². The zero-order valence-corrected chi connectivity index (χ0v) is 25.3. The van der Waals surface area contributed by atoms with Gasteiger partial charge in [0.15, 0.2) is 12.0 Å². The van der Waals surface area contributed by atoms with Crippen molar-refractivity contribution < 1.29 is 18.3 Å². The number of aromatic nitrogens is 2. The topological polar surface area (TPSA) is 85.6 Å². The minimum absolute atomic E-state index is 0.0170. The van der Waals surface area contributed by atoms with Crippen LogP contribution in [0.25, 0.3) is 0 Å². The van der Waals surface area contributed by atoms with E-state index in [9.17, 15) is 14.4 Å². The average Bonchev–Trinajstić information content (AvgIpc) is 3.57. The van der Waals surface area contributed by atoms with Gasteiger partial charge in [0.25, 0.3) is 5.91 Å². The van der Waals surface area contributed by atoms with Crippen LogP contribution in [0.2, 0.25) is 5.02 Å². The molecule has 44 heavy (non-hydrogen) atoms. The van der Waals surface area contributed by atoms with E-state index >= 15 is 4.39 Å². The fourth-order valence-corrected chi connectivity index (χ4v) is 9.31. The Morgan fingerprint density at radius 3 is 2.73 bits per heavy atom. The van der Waals surface area contributed by atoms with Gasteiger partial charge in [-0.1, -0.05) is 30.3 Å². The Bertz CT molecular complexity index is 1620. The van der Waals surface area contributed by atoms with E-state index in [0.29, 0.717) is 55.0 Å². The molecule has 8 nitrogen and oxygen atoms in total. The summed E-state index contributed by atoms with van der Waals surface area (Å²) in [6, 6.07) is 8.17. The normalized spacial score (nSPS) is 33.1. The molecule has 1 saturated carbocycles. The van der Waals surface area contributed by atoms with Crippen LogP contribution in [0, 0.1) is 17.2 Å². The van der Waals surface area contributed by atoms with Gasteiger partial charge in [0.1, 0.15) is 12.4 Å². The number of nitriles is 1. The Morgan fingerprint density at radius 1 is 1.18 bits per heavy atom. The van der Waals surface area contributed by atoms with Crippen molar-refractivity contribution in [1.82, 2.24) is 19.8 Å². The number of carbonyl (C=O) groups excluding carboxylic acids is 1. The minimum Gasteiger partial charge on any atom is -0.461 e. The number of halogens is 3. The third-order valence-electron chi connectivity index (χ3n) is 11.4. The van der Waals surface area contributed by atoms with Crippen molar-refractivity contribution >= 4 is 23.3 Å². The van der Waals surface area contributed by atoms with E-state index in [1.54, 1.807) is 0 Å². The van der Waals surface area contributed by atoms with Crippen molar-refractivity contribution in [1.29, 1.82) is 5.26 Å². The Morgan fingerprint density at radius 2 is 2.00 bits per heavy atom. The van der Waals surface area contributed by atoms with Crippen LogP contribution in [0.15, 0.2) is 30.6 Å². The fraction of sp³-hybridized carbons (Fsp3) is 0.576. The monoisotopic (exact) mass is 620 g/mol. The number of fused-ring (bicyclic) bond motifs is 6. The number of nitrogens with zero attached hydrogens (tertiary/aromatic N) is 6. The molecular weight excluding hydrogens is 586 g/mol. The molecule has 11 heteroatoms. The zero-order valence-electron chi connectivity index (χ0n) is 24.6. The molecule has 3 aliphatic carbocycles. The summed E-state index contributed by atoms with van der Waals surface area (Å²) in [6.45, 7) is 5.53. The highest BCUT2D eigenvalue weighted by Gasteiger charge is 2.64. The lowest BCUT2D eigenvalue weighted by molar-refractivity contribution is -0.131. The molecule has 4 heterocycles. The van der Waals surface area contributed by atoms with Crippen LogP contribution in [0.5, 0.6) is 6.01 Å². The summed E-state index contributed by atoms with van der Waals surface area (Å²) in [5, 5.41) is 10.2. The molecule has 1 aromatic carbocycles. The number of anilines is 1. The SMILES string of the molecule is C=C(F)C(=O)N1CCN(c2nc(OC[C@]34CCN3[C@@H]3C[C@@H]3C4)nc3c2CC[C@@]2(CCc4c(Cl)cccc42)[C@H]3F)C[C@@H]1CC#N. The molecule has 3 aliphatic heterocycles. The quantitative estimate of drug-likeness (QED) is 0.420. The lowest BCUT2D eigenvalue weighted by Gasteiger charge is -2.49. The van der Waals surface area contributed by atoms with Crippen molar-refractivity contribution in [2.75, 3.05) is 37.7 Å². The largest absolute Gasteiger partial charge is 0.461 e. The van der Waals surface area contributed by atoms with E-state index in [-0.39, 0.29) is 31.1 Å². The number of carbonyl (C=O) groups is 1. The van der Waals surface area contributed by atoms with Gasteiger partial charge in [-0.2, -0.15) is 15.2 Å². The number of piperazine rings is 1. The van der Waals surface area contributed by atoms with Gasteiger partial charge < -0.3 is 14.5 Å². The number of alkyl halides is 1. The van der Waals surface area contributed by atoms with E-state index in [4.69, 9.17) is 26.3 Å². The van der Waals surface area contributed by atoms with Crippen molar-refractivity contribution in [3.05, 3.63) is 58.0 Å². The minimum atomic E-state index is -1.37. The van der Waals surface area contributed by atoms with Crippen molar-refractivity contribution in [3.8, 4) is 12.1 Å². The first-order valence-electron chi connectivity index (χ1n) is 15.7. The second-order valence-corrected chi connectivity index (χ2v) is 14.0. The summed E-state index contributed by atoms with van der Waals surface area (Å²) in [4.78, 5) is 28.1. The number of rotatable bonds is 6. The van der Waals surface area contributed by atoms with Crippen molar-refractivity contribution in [2.45, 2.75) is 80.6 Å². The standard InChI is InChI=1S/C33H35ClF2N6O2/c1-19(35)30(43)41-14-13-40(17-21(41)7-11-37)29-23-6-9-33(8-5-22-24(33)3-2-4-25(22)34)28(36)27(23)38-31(39-29)44-18-32-10-12-42(32)26-15-20(26)16-32/h2-4,20-21,26,28H,1,5-10,12-18H2/t20-,21+,26-,28+,32-,33-/m1/s1. The molecule has 1 spiro atoms. The molecule has 3 saturated heterocycles. The maximum atomic E-state index is 17.1. The van der Waals surface area contributed by atoms with Gasteiger partial charge in [0.05, 0.1) is 29.8 Å². The van der Waals surface area contributed by atoms with E-state index in [1.807, 2.05) is 23.1 Å². The van der Waals surface area contributed by atoms with Gasteiger partial charge in [-0.05, 0) is 68.1 Å². The van der Waals surface area contributed by atoms with Crippen LogP contribution in [0.4, 0.5) is 14.6 Å². The molecule has 0 unspecified atom stereocenters. The molecule has 2 aromatic rings. The molecule has 6 atom stereocenters. The van der Waals surface area contributed by atoms with Gasteiger partial charge >= 0.3 is 6.01 Å². The molecule has 1 aromatic heterocycles. The zero-order chi connectivity index (χ0) is 30.4. The fourth-order valence-electron chi connectivity index (χ4n) is 9.04. The van der Waals surface area contributed by atoms with Gasteiger partial charge in [-0.25, -0.2) is 8.78 Å². The highest BCUT2D eigenvalue weighted by Crippen LogP contribution is 2.59. The van der Waals surface area contributed by atoms with E-state index < -0.39 is 29.4 Å². The summed E-state index contributed by atoms with van der Waals surface area (Å²) in [5.74, 6) is -0.519. The molecule has 0 N–H and O–H groups in total. The van der Waals surface area contributed by atoms with E-state index in [2.05, 4.69) is 17.5 Å². The second-order valence-electron chi connectivity index (χ2n) is 13.6. The predicted molar refractivity (Wildman–Crippen MR) is 160 cm³/mol. The number of benzene rings is 1. The smallest absolute Gasteiger partial charge is 0.318 e. The number of hydrogen-bond acceptors (Lipinski definition) is 7. The highest BCUT2D eigenvalue weighted by molar-refractivity contribution is 6.31. The number of ether oxygens (including phenoxy) is 1. The Labute approximate surface area is 260 Å². The van der Waals surface area contributed by atoms with Crippen LogP contribution >= 0.6 is 11.6 Å². The van der Waals surface area contributed by atoms with Gasteiger partial charge in [0, 0.05) is 48.2 Å². The second kappa shape index (κ2) is 10.1. The van der Waals surface area contributed by atoms with Gasteiger partial charge in [-0.15, -0.1) is 0 Å². The lowest BCUT2D eigenvalue weighted by atomic mass is 9.68. The van der Waals surface area contributed by atoms with Crippen LogP contribution in [0.1, 0.15) is 67.1 Å². The first kappa shape index (κ1) is 28.2. The van der Waals surface area contributed by atoms with Crippen molar-refractivity contribution in [3.63, 3.8) is 0 Å². The summed E-state index contributed by atoms with van der Waals surface area (Å²) in [5.41, 5.74) is 2.37. The van der Waals surface area contributed by atoms with Crippen LogP contribution in [-0.2, 0) is 23.1 Å². The first-order valence-corrected chi connectivity index (χ1v) is 16.1.